The molecule has 1 atom stereocenters. The minimum Gasteiger partial charge on any atom is -0.271 e. The molecule has 0 saturated heterocycles. The number of benzene rings is 1. The zero-order chi connectivity index (χ0) is 15.5. The number of hydrazine groups is 1. The molecule has 0 radical (unpaired) electrons. The van der Waals surface area contributed by atoms with E-state index < -0.39 is 11.6 Å². The minimum absolute atomic E-state index is 0.111. The van der Waals surface area contributed by atoms with Crippen molar-refractivity contribution in [1.82, 2.24) is 5.43 Å². The fourth-order valence-corrected chi connectivity index (χ4v) is 2.56. The van der Waals surface area contributed by atoms with Crippen LogP contribution in [0.3, 0.4) is 0 Å². The molecule has 2 nitrogen and oxygen atoms in total. The molecule has 0 aliphatic rings. The Labute approximate surface area is 127 Å². The maximum Gasteiger partial charge on any atom is 0.159 e. The van der Waals surface area contributed by atoms with Gasteiger partial charge in [-0.1, -0.05) is 64.4 Å². The number of unbranched alkanes of at least 4 members (excludes halogenated alkanes) is 7. The van der Waals surface area contributed by atoms with E-state index in [0.717, 1.165) is 25.3 Å². The maximum absolute atomic E-state index is 13.2. The molecule has 1 rings (SSSR count). The van der Waals surface area contributed by atoms with Gasteiger partial charge in [-0.2, -0.15) is 0 Å². The zero-order valence-electron chi connectivity index (χ0n) is 13.0. The lowest BCUT2D eigenvalue weighted by molar-refractivity contribution is 0.465. The first-order chi connectivity index (χ1) is 10.2. The van der Waals surface area contributed by atoms with E-state index >= 15 is 0 Å². The van der Waals surface area contributed by atoms with Gasteiger partial charge in [-0.25, -0.2) is 8.78 Å². The van der Waals surface area contributed by atoms with E-state index in [1.165, 1.54) is 44.6 Å². The molecular formula is C17H28F2N2. The summed E-state index contributed by atoms with van der Waals surface area (Å²) < 4.78 is 26.1. The number of hydrogen-bond acceptors (Lipinski definition) is 2. The Kier molecular flexibility index (Phi) is 9.19. The molecule has 0 heterocycles. The highest BCUT2D eigenvalue weighted by atomic mass is 19.2. The van der Waals surface area contributed by atoms with Crippen LogP contribution in [0.4, 0.5) is 8.78 Å². The second kappa shape index (κ2) is 10.7. The van der Waals surface area contributed by atoms with Crippen molar-refractivity contribution in [1.29, 1.82) is 0 Å². The molecule has 0 saturated carbocycles. The van der Waals surface area contributed by atoms with E-state index in [-0.39, 0.29) is 6.04 Å². The molecule has 1 aromatic carbocycles. The van der Waals surface area contributed by atoms with Crippen molar-refractivity contribution in [2.45, 2.75) is 70.8 Å². The first-order valence-corrected chi connectivity index (χ1v) is 8.10. The molecule has 3 N–H and O–H groups in total. The fraction of sp³-hybridized carbons (Fsp3) is 0.647. The van der Waals surface area contributed by atoms with Crippen molar-refractivity contribution in [2.24, 2.45) is 5.84 Å². The monoisotopic (exact) mass is 298 g/mol. The van der Waals surface area contributed by atoms with E-state index in [1.807, 2.05) is 0 Å². The highest BCUT2D eigenvalue weighted by Gasteiger charge is 2.12. The SMILES string of the molecule is CCCCCCCCCCC(NN)c1ccc(F)c(F)c1. The van der Waals surface area contributed by atoms with Gasteiger partial charge in [0, 0.05) is 6.04 Å². The van der Waals surface area contributed by atoms with E-state index in [4.69, 9.17) is 5.84 Å². The standard InChI is InChI=1S/C17H28F2N2/c1-2-3-4-5-6-7-8-9-10-17(21-20)14-11-12-15(18)16(19)13-14/h11-13,17,21H,2-10,20H2,1H3. The van der Waals surface area contributed by atoms with E-state index in [2.05, 4.69) is 12.3 Å². The van der Waals surface area contributed by atoms with Crippen molar-refractivity contribution in [3.05, 3.63) is 35.4 Å². The topological polar surface area (TPSA) is 38.0 Å². The van der Waals surface area contributed by atoms with Crippen molar-refractivity contribution in [2.75, 3.05) is 0 Å². The van der Waals surface area contributed by atoms with Crippen LogP contribution in [0.2, 0.25) is 0 Å². The minimum atomic E-state index is -0.818. The second-order valence-corrected chi connectivity index (χ2v) is 5.66. The molecule has 0 spiro atoms. The lowest BCUT2D eigenvalue weighted by atomic mass is 9.99. The summed E-state index contributed by atoms with van der Waals surface area (Å²) in [6.45, 7) is 2.22. The van der Waals surface area contributed by atoms with E-state index in [1.54, 1.807) is 6.07 Å². The van der Waals surface area contributed by atoms with Crippen LogP contribution in [0.1, 0.15) is 76.3 Å². The number of nitrogens with one attached hydrogen (secondary N) is 1. The number of halogens is 2. The van der Waals surface area contributed by atoms with Crippen LogP contribution in [0.5, 0.6) is 0 Å². The van der Waals surface area contributed by atoms with Crippen LogP contribution >= 0.6 is 0 Å². The third-order valence-electron chi connectivity index (χ3n) is 3.89. The molecule has 0 bridgehead atoms. The quantitative estimate of drug-likeness (QED) is 0.343. The molecular weight excluding hydrogens is 270 g/mol. The van der Waals surface area contributed by atoms with Crippen molar-refractivity contribution < 1.29 is 8.78 Å². The molecule has 1 aromatic rings. The van der Waals surface area contributed by atoms with Crippen molar-refractivity contribution in [3.8, 4) is 0 Å². The van der Waals surface area contributed by atoms with Gasteiger partial charge >= 0.3 is 0 Å². The van der Waals surface area contributed by atoms with Gasteiger partial charge in [0.05, 0.1) is 0 Å². The molecule has 1 unspecified atom stereocenters. The summed E-state index contributed by atoms with van der Waals surface area (Å²) in [6.07, 6.45) is 10.8. The van der Waals surface area contributed by atoms with Gasteiger partial charge in [-0.3, -0.25) is 11.3 Å². The van der Waals surface area contributed by atoms with Gasteiger partial charge < -0.3 is 0 Å². The molecule has 120 valence electrons. The predicted octanol–water partition coefficient (Wildman–Crippen LogP) is 5.00. The van der Waals surface area contributed by atoms with Gasteiger partial charge in [-0.15, -0.1) is 0 Å². The van der Waals surface area contributed by atoms with Crippen LogP contribution in [0.15, 0.2) is 18.2 Å². The number of rotatable bonds is 11. The summed E-state index contributed by atoms with van der Waals surface area (Å²) in [4.78, 5) is 0. The third kappa shape index (κ3) is 7.00. The highest BCUT2D eigenvalue weighted by molar-refractivity contribution is 5.21. The summed E-state index contributed by atoms with van der Waals surface area (Å²) in [5.41, 5.74) is 3.40. The zero-order valence-corrected chi connectivity index (χ0v) is 13.0. The normalized spacial score (nSPS) is 12.6. The number of nitrogens with two attached hydrogens (primary N) is 1. The van der Waals surface area contributed by atoms with Crippen LogP contribution < -0.4 is 11.3 Å². The smallest absolute Gasteiger partial charge is 0.159 e. The van der Waals surface area contributed by atoms with E-state index in [0.29, 0.717) is 5.56 Å². The van der Waals surface area contributed by atoms with Gasteiger partial charge in [0.2, 0.25) is 0 Å². The van der Waals surface area contributed by atoms with Crippen LogP contribution in [0.25, 0.3) is 0 Å². The largest absolute Gasteiger partial charge is 0.271 e. The summed E-state index contributed by atoms with van der Waals surface area (Å²) in [6, 6.07) is 3.86. The Morgan fingerprint density at radius 1 is 0.952 bits per heavy atom. The molecule has 4 heteroatoms. The Morgan fingerprint density at radius 2 is 1.57 bits per heavy atom. The average Bonchev–Trinajstić information content (AvgIpc) is 2.49. The molecule has 0 aliphatic carbocycles. The van der Waals surface area contributed by atoms with Crippen LogP contribution in [0, 0.1) is 11.6 Å². The molecule has 0 aromatic heterocycles. The lowest BCUT2D eigenvalue weighted by Crippen LogP contribution is -2.28. The molecule has 0 amide bonds. The predicted molar refractivity (Wildman–Crippen MR) is 83.6 cm³/mol. The first kappa shape index (κ1) is 18.1. The second-order valence-electron chi connectivity index (χ2n) is 5.66. The highest BCUT2D eigenvalue weighted by Crippen LogP contribution is 2.21. The summed E-state index contributed by atoms with van der Waals surface area (Å²) in [7, 11) is 0. The van der Waals surface area contributed by atoms with Crippen molar-refractivity contribution in [3.63, 3.8) is 0 Å². The van der Waals surface area contributed by atoms with Crippen LogP contribution in [-0.4, -0.2) is 0 Å². The Hall–Kier alpha value is -1.00. The van der Waals surface area contributed by atoms with Gasteiger partial charge in [0.25, 0.3) is 0 Å². The van der Waals surface area contributed by atoms with Crippen LogP contribution in [-0.2, 0) is 0 Å². The molecule has 0 fully saturated rings. The third-order valence-corrected chi connectivity index (χ3v) is 3.89. The average molecular weight is 298 g/mol. The van der Waals surface area contributed by atoms with Gasteiger partial charge in [0.1, 0.15) is 0 Å². The van der Waals surface area contributed by atoms with E-state index in [9.17, 15) is 8.78 Å². The molecule has 21 heavy (non-hydrogen) atoms. The van der Waals surface area contributed by atoms with Gasteiger partial charge in [0.15, 0.2) is 11.6 Å². The van der Waals surface area contributed by atoms with Crippen molar-refractivity contribution >= 4 is 0 Å². The van der Waals surface area contributed by atoms with Gasteiger partial charge in [-0.05, 0) is 24.1 Å². The fourth-order valence-electron chi connectivity index (χ4n) is 2.56. The Morgan fingerprint density at radius 3 is 2.14 bits per heavy atom. The summed E-state index contributed by atoms with van der Waals surface area (Å²) in [5, 5.41) is 0. The summed E-state index contributed by atoms with van der Waals surface area (Å²) in [5.74, 6) is 3.89. The Balaban J connectivity index is 2.23. The summed E-state index contributed by atoms with van der Waals surface area (Å²) >= 11 is 0. The lowest BCUT2D eigenvalue weighted by Gasteiger charge is -2.16. The Bertz CT molecular complexity index is 396. The number of hydrogen-bond donors (Lipinski definition) is 2. The molecule has 0 aliphatic heterocycles. The maximum atomic E-state index is 13.2. The first-order valence-electron chi connectivity index (χ1n) is 8.10.